The minimum Gasteiger partial charge on any atom is -0.423 e. The number of hydrogen-bond acceptors (Lipinski definition) is 4. The zero-order valence-corrected chi connectivity index (χ0v) is 13.5. The summed E-state index contributed by atoms with van der Waals surface area (Å²) in [7, 11) is 0. The van der Waals surface area contributed by atoms with Gasteiger partial charge in [-0.2, -0.15) is 0 Å². The number of nitrogens with zero attached hydrogens (tertiary/aromatic N) is 1. The van der Waals surface area contributed by atoms with Crippen molar-refractivity contribution in [1.29, 1.82) is 0 Å². The van der Waals surface area contributed by atoms with E-state index in [0.717, 1.165) is 12.0 Å². The zero-order chi connectivity index (χ0) is 15.2. The molecule has 0 aliphatic carbocycles. The molecule has 0 bridgehead atoms. The molecule has 1 aromatic rings. The molecule has 21 heavy (non-hydrogen) atoms. The fourth-order valence-electron chi connectivity index (χ4n) is 2.86. The number of fused-ring (bicyclic) bond motifs is 1. The van der Waals surface area contributed by atoms with E-state index in [1.165, 1.54) is 0 Å². The quantitative estimate of drug-likeness (QED) is 0.619. The van der Waals surface area contributed by atoms with Crippen LogP contribution in [-0.4, -0.2) is 33.4 Å². The predicted molar refractivity (Wildman–Crippen MR) is 82.6 cm³/mol. The smallest absolute Gasteiger partial charge is 0.335 e. The van der Waals surface area contributed by atoms with Gasteiger partial charge in [0.15, 0.2) is 0 Å². The van der Waals surface area contributed by atoms with Gasteiger partial charge in [-0.15, -0.1) is 11.8 Å². The molecule has 1 amide bonds. The van der Waals surface area contributed by atoms with Crippen LogP contribution in [0.3, 0.4) is 0 Å². The number of hydrogen-bond donors (Lipinski definition) is 0. The highest BCUT2D eigenvalue weighted by Crippen LogP contribution is 2.47. The summed E-state index contributed by atoms with van der Waals surface area (Å²) in [6.07, 6.45) is 1.28. The Morgan fingerprint density at radius 3 is 3.05 bits per heavy atom. The van der Waals surface area contributed by atoms with Gasteiger partial charge in [0, 0.05) is 12.2 Å². The van der Waals surface area contributed by atoms with Gasteiger partial charge in [0.05, 0.1) is 9.89 Å². The standard InChI is InChI=1S/C15H16ClNO3S/c1-9-3-4-10(16)12(7-9)20-14(19)11-8-21-15(2)6-5-13(18)17(11)15/h3-4,7,11H,5-6,8H2,1-2H3/t11-,15+/m0/s1. The van der Waals surface area contributed by atoms with E-state index in [0.29, 0.717) is 22.9 Å². The Labute approximate surface area is 132 Å². The Balaban J connectivity index is 1.80. The number of aryl methyl sites for hydroxylation is 1. The molecule has 2 fully saturated rings. The molecular formula is C15H16ClNO3S. The van der Waals surface area contributed by atoms with Crippen molar-refractivity contribution < 1.29 is 14.3 Å². The van der Waals surface area contributed by atoms with Crippen LogP contribution in [0.2, 0.25) is 5.02 Å². The highest BCUT2D eigenvalue weighted by atomic mass is 35.5. The summed E-state index contributed by atoms with van der Waals surface area (Å²) in [5.74, 6) is 0.547. The third-order valence-corrected chi connectivity index (χ3v) is 5.83. The maximum absolute atomic E-state index is 12.4. The van der Waals surface area contributed by atoms with E-state index in [1.54, 1.807) is 28.8 Å². The van der Waals surface area contributed by atoms with Crippen LogP contribution in [0.4, 0.5) is 0 Å². The molecular weight excluding hydrogens is 310 g/mol. The monoisotopic (exact) mass is 325 g/mol. The van der Waals surface area contributed by atoms with E-state index in [9.17, 15) is 9.59 Å². The largest absolute Gasteiger partial charge is 0.423 e. The van der Waals surface area contributed by atoms with Crippen molar-refractivity contribution in [2.75, 3.05) is 5.75 Å². The Bertz CT molecular complexity index is 621. The van der Waals surface area contributed by atoms with Crippen molar-refractivity contribution in [3.63, 3.8) is 0 Å². The first kappa shape index (κ1) is 14.7. The SMILES string of the molecule is Cc1ccc(Cl)c(OC(=O)[C@@H]2CS[C@]3(C)CCC(=O)N23)c1. The maximum Gasteiger partial charge on any atom is 0.335 e. The third-order valence-electron chi connectivity index (χ3n) is 4.01. The first-order valence-electron chi connectivity index (χ1n) is 6.85. The lowest BCUT2D eigenvalue weighted by Gasteiger charge is -2.29. The molecule has 2 heterocycles. The van der Waals surface area contributed by atoms with Crippen LogP contribution in [0.15, 0.2) is 18.2 Å². The van der Waals surface area contributed by atoms with E-state index in [-0.39, 0.29) is 10.8 Å². The average molecular weight is 326 g/mol. The maximum atomic E-state index is 12.4. The molecule has 0 N–H and O–H groups in total. The molecule has 0 unspecified atom stereocenters. The summed E-state index contributed by atoms with van der Waals surface area (Å²) in [4.78, 5) is 25.9. The highest BCUT2D eigenvalue weighted by molar-refractivity contribution is 8.01. The lowest BCUT2D eigenvalue weighted by Crippen LogP contribution is -2.47. The summed E-state index contributed by atoms with van der Waals surface area (Å²) < 4.78 is 5.43. The molecule has 0 radical (unpaired) electrons. The Morgan fingerprint density at radius 2 is 2.29 bits per heavy atom. The first-order chi connectivity index (χ1) is 9.90. The molecule has 0 saturated carbocycles. The Kier molecular flexibility index (Phi) is 3.66. The number of carbonyl (C=O) groups is 2. The molecule has 4 nitrogen and oxygen atoms in total. The number of ether oxygens (including phenoxy) is 1. The molecule has 1 aromatic carbocycles. The van der Waals surface area contributed by atoms with E-state index in [4.69, 9.17) is 16.3 Å². The van der Waals surface area contributed by atoms with E-state index < -0.39 is 12.0 Å². The van der Waals surface area contributed by atoms with Gasteiger partial charge >= 0.3 is 5.97 Å². The minimum absolute atomic E-state index is 0.0276. The number of amides is 1. The van der Waals surface area contributed by atoms with Gasteiger partial charge in [-0.05, 0) is 38.0 Å². The summed E-state index contributed by atoms with van der Waals surface area (Å²) >= 11 is 7.70. The Hall–Kier alpha value is -1.20. The molecule has 2 atom stereocenters. The van der Waals surface area contributed by atoms with Crippen LogP contribution < -0.4 is 4.74 Å². The van der Waals surface area contributed by atoms with E-state index in [2.05, 4.69) is 0 Å². The summed E-state index contributed by atoms with van der Waals surface area (Å²) in [5.41, 5.74) is 0.963. The number of esters is 1. The molecule has 6 heteroatoms. The van der Waals surface area contributed by atoms with Gasteiger partial charge in [0.1, 0.15) is 11.8 Å². The van der Waals surface area contributed by atoms with Crippen molar-refractivity contribution in [2.45, 2.75) is 37.6 Å². The second kappa shape index (κ2) is 5.21. The van der Waals surface area contributed by atoms with Crippen LogP contribution in [0.5, 0.6) is 5.75 Å². The van der Waals surface area contributed by atoms with Crippen LogP contribution in [0, 0.1) is 6.92 Å². The third kappa shape index (κ3) is 2.53. The summed E-state index contributed by atoms with van der Waals surface area (Å²) in [6, 6.07) is 4.76. The second-order valence-electron chi connectivity index (χ2n) is 5.62. The van der Waals surface area contributed by atoms with Crippen molar-refractivity contribution in [1.82, 2.24) is 4.90 Å². The van der Waals surface area contributed by atoms with Crippen molar-refractivity contribution in [3.05, 3.63) is 28.8 Å². The normalized spacial score (nSPS) is 27.9. The number of benzene rings is 1. The van der Waals surface area contributed by atoms with Crippen molar-refractivity contribution in [3.8, 4) is 5.75 Å². The number of halogens is 1. The topological polar surface area (TPSA) is 46.6 Å². The molecule has 2 aliphatic heterocycles. The predicted octanol–water partition coefficient (Wildman–Crippen LogP) is 3.01. The van der Waals surface area contributed by atoms with Crippen LogP contribution >= 0.6 is 23.4 Å². The molecule has 0 spiro atoms. The highest BCUT2D eigenvalue weighted by Gasteiger charge is 2.53. The van der Waals surface area contributed by atoms with Crippen LogP contribution in [-0.2, 0) is 9.59 Å². The van der Waals surface area contributed by atoms with Gasteiger partial charge in [-0.25, -0.2) is 4.79 Å². The van der Waals surface area contributed by atoms with Gasteiger partial charge in [0.25, 0.3) is 0 Å². The average Bonchev–Trinajstić information content (AvgIpc) is 2.91. The van der Waals surface area contributed by atoms with Gasteiger partial charge in [-0.1, -0.05) is 17.7 Å². The second-order valence-corrected chi connectivity index (χ2v) is 7.53. The molecule has 2 aliphatic rings. The van der Waals surface area contributed by atoms with Crippen LogP contribution in [0.25, 0.3) is 0 Å². The van der Waals surface area contributed by atoms with Gasteiger partial charge in [0.2, 0.25) is 5.91 Å². The van der Waals surface area contributed by atoms with Crippen molar-refractivity contribution >= 4 is 35.2 Å². The van der Waals surface area contributed by atoms with Gasteiger partial charge in [-0.3, -0.25) is 4.79 Å². The number of thioether (sulfide) groups is 1. The summed E-state index contributed by atoms with van der Waals surface area (Å²) in [5, 5.41) is 0.398. The van der Waals surface area contributed by atoms with Crippen LogP contribution in [0.1, 0.15) is 25.3 Å². The van der Waals surface area contributed by atoms with Crippen molar-refractivity contribution in [2.24, 2.45) is 0 Å². The molecule has 2 saturated heterocycles. The zero-order valence-electron chi connectivity index (χ0n) is 11.9. The number of rotatable bonds is 2. The lowest BCUT2D eigenvalue weighted by molar-refractivity contribution is -0.146. The fraction of sp³-hybridized carbons (Fsp3) is 0.467. The Morgan fingerprint density at radius 1 is 1.52 bits per heavy atom. The van der Waals surface area contributed by atoms with Gasteiger partial charge < -0.3 is 9.64 Å². The summed E-state index contributed by atoms with van der Waals surface area (Å²) in [6.45, 7) is 3.91. The molecule has 112 valence electrons. The fourth-order valence-corrected chi connectivity index (χ4v) is 4.43. The first-order valence-corrected chi connectivity index (χ1v) is 8.21. The minimum atomic E-state index is -0.522. The van der Waals surface area contributed by atoms with E-state index in [1.807, 2.05) is 19.9 Å². The molecule has 3 rings (SSSR count). The molecule has 0 aromatic heterocycles. The number of carbonyl (C=O) groups excluding carboxylic acids is 2. The lowest BCUT2D eigenvalue weighted by atomic mass is 10.2. The van der Waals surface area contributed by atoms with E-state index >= 15 is 0 Å².